The van der Waals surface area contributed by atoms with E-state index >= 15 is 0 Å². The minimum absolute atomic E-state index is 0.648. The van der Waals surface area contributed by atoms with Crippen molar-refractivity contribution in [3.63, 3.8) is 0 Å². The van der Waals surface area contributed by atoms with Crippen molar-refractivity contribution in [3.8, 4) is 0 Å². The summed E-state index contributed by atoms with van der Waals surface area (Å²) in [6.07, 6.45) is 0. The van der Waals surface area contributed by atoms with Gasteiger partial charge in [-0.1, -0.05) is 24.3 Å². The predicted molar refractivity (Wildman–Crippen MR) is 77.0 cm³/mol. The molecule has 0 fully saturated rings. The van der Waals surface area contributed by atoms with E-state index in [2.05, 4.69) is 22.2 Å². The number of nitrogens with two attached hydrogens (primary N) is 1. The third-order valence-corrected chi connectivity index (χ3v) is 3.41. The fraction of sp³-hybridized carbons (Fsp3) is 0.200. The molecule has 1 aromatic carbocycles. The Hall–Kier alpha value is -2.36. The summed E-state index contributed by atoms with van der Waals surface area (Å²) in [5.74, 6) is 0. The van der Waals surface area contributed by atoms with Crippen LogP contribution in [0.25, 0.3) is 10.9 Å². The highest BCUT2D eigenvalue weighted by Gasteiger charge is 2.09. The SMILES string of the molecule is Cc1nn(Cc2ccc3ccccc3n2)c(C)c1N. The molecule has 2 aromatic heterocycles. The molecular formula is C15H16N4. The fourth-order valence-corrected chi connectivity index (χ4v) is 2.21. The van der Waals surface area contributed by atoms with E-state index in [1.54, 1.807) is 0 Å². The minimum Gasteiger partial charge on any atom is -0.396 e. The fourth-order valence-electron chi connectivity index (χ4n) is 2.21. The lowest BCUT2D eigenvalue weighted by molar-refractivity contribution is 0.649. The number of nitrogens with zero attached hydrogens (tertiary/aromatic N) is 3. The van der Waals surface area contributed by atoms with Crippen LogP contribution in [0.1, 0.15) is 17.1 Å². The molecule has 0 aliphatic carbocycles. The number of para-hydroxylation sites is 1. The summed E-state index contributed by atoms with van der Waals surface area (Å²) in [5, 5.41) is 5.59. The second-order valence-electron chi connectivity index (χ2n) is 4.74. The highest BCUT2D eigenvalue weighted by molar-refractivity contribution is 5.78. The van der Waals surface area contributed by atoms with Gasteiger partial charge in [-0.05, 0) is 26.0 Å². The maximum absolute atomic E-state index is 5.94. The van der Waals surface area contributed by atoms with Crippen LogP contribution in [0.4, 0.5) is 5.69 Å². The molecule has 0 amide bonds. The Labute approximate surface area is 111 Å². The van der Waals surface area contributed by atoms with E-state index in [0.29, 0.717) is 6.54 Å². The van der Waals surface area contributed by atoms with Crippen molar-refractivity contribution in [2.24, 2.45) is 0 Å². The number of pyridine rings is 1. The molecule has 0 saturated heterocycles. The quantitative estimate of drug-likeness (QED) is 0.763. The highest BCUT2D eigenvalue weighted by Crippen LogP contribution is 2.17. The van der Waals surface area contributed by atoms with Crippen LogP contribution in [0.2, 0.25) is 0 Å². The Bertz CT molecular complexity index is 743. The van der Waals surface area contributed by atoms with E-state index in [4.69, 9.17) is 5.73 Å². The number of anilines is 1. The van der Waals surface area contributed by atoms with E-state index in [1.165, 1.54) is 0 Å². The van der Waals surface area contributed by atoms with Crippen molar-refractivity contribution in [1.82, 2.24) is 14.8 Å². The highest BCUT2D eigenvalue weighted by atomic mass is 15.3. The maximum atomic E-state index is 5.94. The number of aromatic nitrogens is 3. The number of nitrogen functional groups attached to an aromatic ring is 1. The average Bonchev–Trinajstić information content (AvgIpc) is 2.66. The third kappa shape index (κ3) is 2.05. The molecule has 2 heterocycles. The number of hydrogen-bond acceptors (Lipinski definition) is 3. The van der Waals surface area contributed by atoms with Crippen molar-refractivity contribution in [2.75, 3.05) is 5.73 Å². The topological polar surface area (TPSA) is 56.7 Å². The summed E-state index contributed by atoms with van der Waals surface area (Å²) in [5.41, 5.74) is 10.6. The molecule has 4 heteroatoms. The smallest absolute Gasteiger partial charge is 0.0835 e. The molecule has 0 radical (unpaired) electrons. The molecule has 96 valence electrons. The second-order valence-corrected chi connectivity index (χ2v) is 4.74. The monoisotopic (exact) mass is 252 g/mol. The van der Waals surface area contributed by atoms with Gasteiger partial charge in [0.2, 0.25) is 0 Å². The van der Waals surface area contributed by atoms with Crippen LogP contribution in [-0.4, -0.2) is 14.8 Å². The molecule has 0 aliphatic rings. The predicted octanol–water partition coefficient (Wildman–Crippen LogP) is 2.68. The molecule has 19 heavy (non-hydrogen) atoms. The Morgan fingerprint density at radius 1 is 1.11 bits per heavy atom. The van der Waals surface area contributed by atoms with Crippen LogP contribution >= 0.6 is 0 Å². The van der Waals surface area contributed by atoms with E-state index in [1.807, 2.05) is 42.8 Å². The number of benzene rings is 1. The first-order valence-corrected chi connectivity index (χ1v) is 6.29. The molecule has 0 bridgehead atoms. The number of rotatable bonds is 2. The third-order valence-electron chi connectivity index (χ3n) is 3.41. The summed E-state index contributed by atoms with van der Waals surface area (Å²) in [6.45, 7) is 4.55. The van der Waals surface area contributed by atoms with Crippen molar-refractivity contribution in [3.05, 3.63) is 53.5 Å². The van der Waals surface area contributed by atoms with Gasteiger partial charge in [-0.25, -0.2) is 0 Å². The second kappa shape index (κ2) is 4.39. The lowest BCUT2D eigenvalue weighted by Crippen LogP contribution is -2.06. The first kappa shape index (κ1) is 11.7. The Morgan fingerprint density at radius 3 is 2.63 bits per heavy atom. The van der Waals surface area contributed by atoms with Crippen LogP contribution in [0.3, 0.4) is 0 Å². The van der Waals surface area contributed by atoms with E-state index in [-0.39, 0.29) is 0 Å². The lowest BCUT2D eigenvalue weighted by Gasteiger charge is -2.05. The zero-order valence-corrected chi connectivity index (χ0v) is 11.1. The van der Waals surface area contributed by atoms with Gasteiger partial charge in [-0.2, -0.15) is 5.10 Å². The number of hydrogen-bond donors (Lipinski definition) is 1. The molecule has 4 nitrogen and oxygen atoms in total. The molecule has 0 aliphatic heterocycles. The van der Waals surface area contributed by atoms with Gasteiger partial charge in [0, 0.05) is 5.39 Å². The van der Waals surface area contributed by atoms with E-state index < -0.39 is 0 Å². The molecule has 2 N–H and O–H groups in total. The van der Waals surface area contributed by atoms with Gasteiger partial charge in [0.1, 0.15) is 0 Å². The summed E-state index contributed by atoms with van der Waals surface area (Å²) in [4.78, 5) is 4.65. The average molecular weight is 252 g/mol. The number of fused-ring (bicyclic) bond motifs is 1. The Kier molecular flexibility index (Phi) is 2.71. The molecule has 3 aromatic rings. The summed E-state index contributed by atoms with van der Waals surface area (Å²) < 4.78 is 1.90. The van der Waals surface area contributed by atoms with Crippen LogP contribution in [0.15, 0.2) is 36.4 Å². The first-order chi connectivity index (χ1) is 9.15. The minimum atomic E-state index is 0.648. The summed E-state index contributed by atoms with van der Waals surface area (Å²) >= 11 is 0. The van der Waals surface area contributed by atoms with Gasteiger partial charge >= 0.3 is 0 Å². The van der Waals surface area contributed by atoms with Gasteiger partial charge in [0.15, 0.2) is 0 Å². The van der Waals surface area contributed by atoms with Gasteiger partial charge in [-0.3, -0.25) is 9.67 Å². The molecule has 0 unspecified atom stereocenters. The maximum Gasteiger partial charge on any atom is 0.0835 e. The normalized spacial score (nSPS) is 11.1. The molecular weight excluding hydrogens is 236 g/mol. The first-order valence-electron chi connectivity index (χ1n) is 6.29. The van der Waals surface area contributed by atoms with Gasteiger partial charge in [0.25, 0.3) is 0 Å². The Balaban J connectivity index is 1.98. The van der Waals surface area contributed by atoms with Crippen molar-refractivity contribution >= 4 is 16.6 Å². The molecule has 0 spiro atoms. The van der Waals surface area contributed by atoms with E-state index in [0.717, 1.165) is 33.7 Å². The largest absolute Gasteiger partial charge is 0.396 e. The zero-order valence-electron chi connectivity index (χ0n) is 11.1. The van der Waals surface area contributed by atoms with Crippen LogP contribution in [0, 0.1) is 13.8 Å². The van der Waals surface area contributed by atoms with Crippen LogP contribution < -0.4 is 5.73 Å². The molecule has 0 saturated carbocycles. The Morgan fingerprint density at radius 2 is 1.89 bits per heavy atom. The van der Waals surface area contributed by atoms with Gasteiger partial charge in [-0.15, -0.1) is 0 Å². The zero-order chi connectivity index (χ0) is 13.4. The summed E-state index contributed by atoms with van der Waals surface area (Å²) in [7, 11) is 0. The molecule has 3 rings (SSSR count). The number of aryl methyl sites for hydroxylation is 1. The van der Waals surface area contributed by atoms with Crippen molar-refractivity contribution < 1.29 is 0 Å². The van der Waals surface area contributed by atoms with Gasteiger partial charge < -0.3 is 5.73 Å². The van der Waals surface area contributed by atoms with E-state index in [9.17, 15) is 0 Å². The molecule has 0 atom stereocenters. The van der Waals surface area contributed by atoms with Crippen LogP contribution in [0.5, 0.6) is 0 Å². The van der Waals surface area contributed by atoms with Crippen LogP contribution in [-0.2, 0) is 6.54 Å². The van der Waals surface area contributed by atoms with Crippen molar-refractivity contribution in [2.45, 2.75) is 20.4 Å². The van der Waals surface area contributed by atoms with Gasteiger partial charge in [0.05, 0.1) is 34.8 Å². The standard InChI is InChI=1S/C15H16N4/c1-10-15(16)11(2)19(18-10)9-13-8-7-12-5-3-4-6-14(12)17-13/h3-8H,9,16H2,1-2H3. The summed E-state index contributed by atoms with van der Waals surface area (Å²) in [6, 6.07) is 12.2. The lowest BCUT2D eigenvalue weighted by atomic mass is 10.2. The van der Waals surface area contributed by atoms with Crippen molar-refractivity contribution in [1.29, 1.82) is 0 Å².